The molecule has 0 saturated heterocycles. The highest BCUT2D eigenvalue weighted by molar-refractivity contribution is 6.33. The highest BCUT2D eigenvalue weighted by Gasteiger charge is 2.16. The lowest BCUT2D eigenvalue weighted by Gasteiger charge is -2.24. The van der Waals surface area contributed by atoms with Gasteiger partial charge in [-0.2, -0.15) is 0 Å². The Labute approximate surface area is 130 Å². The molecule has 0 N–H and O–H groups in total. The summed E-state index contributed by atoms with van der Waals surface area (Å²) in [7, 11) is 0. The largest absolute Gasteiger partial charge is 0.370 e. The van der Waals surface area contributed by atoms with Crippen LogP contribution in [0.1, 0.15) is 28.4 Å². The monoisotopic (exact) mass is 299 g/mol. The molecule has 0 aliphatic carbocycles. The normalized spacial score (nSPS) is 14.5. The molecule has 108 valence electrons. The lowest BCUT2D eigenvalue weighted by molar-refractivity contribution is 0.101. The molecule has 0 unspecified atom stereocenters. The van der Waals surface area contributed by atoms with Gasteiger partial charge in [-0.15, -0.1) is 0 Å². The summed E-state index contributed by atoms with van der Waals surface area (Å²) < 4.78 is 0. The Morgan fingerprint density at radius 1 is 1.05 bits per heavy atom. The quantitative estimate of drug-likeness (QED) is 0.777. The van der Waals surface area contributed by atoms with Gasteiger partial charge in [-0.3, -0.25) is 4.79 Å². The third-order valence-electron chi connectivity index (χ3n) is 4.12. The zero-order chi connectivity index (χ0) is 14.8. The smallest absolute Gasteiger partial charge is 0.159 e. The minimum atomic E-state index is 0.0479. The van der Waals surface area contributed by atoms with E-state index in [1.807, 2.05) is 12.1 Å². The number of Topliss-reactive ketones (excluding diaryl/α,β-unsaturated/α-hetero) is 1. The fraction of sp³-hybridized carbons (Fsp3) is 0.278. The first-order chi connectivity index (χ1) is 10.1. The van der Waals surface area contributed by atoms with E-state index in [9.17, 15) is 4.79 Å². The first-order valence-corrected chi connectivity index (χ1v) is 7.65. The molecular formula is C18H18ClNO. The molecule has 21 heavy (non-hydrogen) atoms. The predicted octanol–water partition coefficient (Wildman–Crippen LogP) is 4.15. The molecule has 0 aromatic heterocycles. The van der Waals surface area contributed by atoms with E-state index in [0.29, 0.717) is 10.6 Å². The first kappa shape index (κ1) is 14.2. The van der Waals surface area contributed by atoms with Crippen molar-refractivity contribution in [1.29, 1.82) is 0 Å². The molecule has 0 fully saturated rings. The molecule has 0 bridgehead atoms. The van der Waals surface area contributed by atoms with E-state index in [1.165, 1.54) is 11.1 Å². The van der Waals surface area contributed by atoms with Crippen molar-refractivity contribution < 1.29 is 4.79 Å². The van der Waals surface area contributed by atoms with Crippen LogP contribution in [0.2, 0.25) is 5.02 Å². The molecular weight excluding hydrogens is 282 g/mol. The van der Waals surface area contributed by atoms with Crippen molar-refractivity contribution in [2.75, 3.05) is 18.0 Å². The Kier molecular flexibility index (Phi) is 3.98. The zero-order valence-corrected chi connectivity index (χ0v) is 12.9. The van der Waals surface area contributed by atoms with Crippen LogP contribution in [0.25, 0.3) is 0 Å². The highest BCUT2D eigenvalue weighted by atomic mass is 35.5. The maximum Gasteiger partial charge on any atom is 0.159 e. The van der Waals surface area contributed by atoms with Gasteiger partial charge in [-0.25, -0.2) is 0 Å². The number of halogens is 1. The summed E-state index contributed by atoms with van der Waals surface area (Å²) in [6.07, 6.45) is 2.06. The van der Waals surface area contributed by atoms with E-state index in [4.69, 9.17) is 11.6 Å². The van der Waals surface area contributed by atoms with Crippen molar-refractivity contribution >= 4 is 23.1 Å². The molecule has 1 aliphatic heterocycles. The van der Waals surface area contributed by atoms with Gasteiger partial charge in [-0.1, -0.05) is 35.9 Å². The summed E-state index contributed by atoms with van der Waals surface area (Å²) in [6, 6.07) is 14.2. The highest BCUT2D eigenvalue weighted by Crippen LogP contribution is 2.29. The summed E-state index contributed by atoms with van der Waals surface area (Å²) in [5.41, 5.74) is 4.55. The topological polar surface area (TPSA) is 20.3 Å². The Morgan fingerprint density at radius 2 is 1.67 bits per heavy atom. The van der Waals surface area contributed by atoms with Gasteiger partial charge in [0.2, 0.25) is 0 Å². The summed E-state index contributed by atoms with van der Waals surface area (Å²) in [5, 5.41) is 0.661. The predicted molar refractivity (Wildman–Crippen MR) is 87.5 cm³/mol. The van der Waals surface area contributed by atoms with E-state index in [-0.39, 0.29) is 5.78 Å². The fourth-order valence-corrected chi connectivity index (χ4v) is 3.19. The van der Waals surface area contributed by atoms with Gasteiger partial charge >= 0.3 is 0 Å². The molecule has 3 rings (SSSR count). The van der Waals surface area contributed by atoms with Gasteiger partial charge < -0.3 is 4.90 Å². The number of benzene rings is 2. The molecule has 0 radical (unpaired) electrons. The second kappa shape index (κ2) is 5.90. The van der Waals surface area contributed by atoms with Crippen molar-refractivity contribution in [3.05, 3.63) is 64.2 Å². The van der Waals surface area contributed by atoms with Crippen LogP contribution in [0.3, 0.4) is 0 Å². The second-order valence-corrected chi connectivity index (χ2v) is 5.89. The van der Waals surface area contributed by atoms with Crippen LogP contribution < -0.4 is 4.90 Å². The average Bonchev–Trinajstić information content (AvgIpc) is 2.70. The molecule has 3 heteroatoms. The fourth-order valence-electron chi connectivity index (χ4n) is 2.89. The molecule has 2 aromatic carbocycles. The minimum Gasteiger partial charge on any atom is -0.370 e. The van der Waals surface area contributed by atoms with Gasteiger partial charge in [-0.05, 0) is 49.1 Å². The van der Waals surface area contributed by atoms with Crippen LogP contribution in [0.5, 0.6) is 0 Å². The maximum absolute atomic E-state index is 11.4. The SMILES string of the molecule is CC(=O)c1ccc(N2CCc3ccccc3CC2)c(Cl)c1. The van der Waals surface area contributed by atoms with Gasteiger partial charge in [0.15, 0.2) is 5.78 Å². The van der Waals surface area contributed by atoms with Gasteiger partial charge in [0, 0.05) is 18.7 Å². The molecule has 2 aromatic rings. The lowest BCUT2D eigenvalue weighted by Crippen LogP contribution is -2.26. The molecule has 2 nitrogen and oxygen atoms in total. The number of fused-ring (bicyclic) bond motifs is 1. The Balaban J connectivity index is 1.84. The number of anilines is 1. The van der Waals surface area contributed by atoms with Crippen LogP contribution in [0, 0.1) is 0 Å². The number of hydrogen-bond acceptors (Lipinski definition) is 2. The third-order valence-corrected chi connectivity index (χ3v) is 4.42. The summed E-state index contributed by atoms with van der Waals surface area (Å²) in [6.45, 7) is 3.47. The standard InChI is InChI=1S/C18H18ClNO/c1-13(21)16-6-7-18(17(19)12-16)20-10-8-14-4-2-3-5-15(14)9-11-20/h2-7,12H,8-11H2,1H3. The molecule has 1 heterocycles. The second-order valence-electron chi connectivity index (χ2n) is 5.48. The van der Waals surface area contributed by atoms with E-state index in [1.54, 1.807) is 13.0 Å². The number of carbonyl (C=O) groups is 1. The van der Waals surface area contributed by atoms with Gasteiger partial charge in [0.1, 0.15) is 0 Å². The van der Waals surface area contributed by atoms with Crippen LogP contribution in [0.4, 0.5) is 5.69 Å². The Hall–Kier alpha value is -1.80. The summed E-state index contributed by atoms with van der Waals surface area (Å²) in [4.78, 5) is 13.7. The van der Waals surface area contributed by atoms with Crippen LogP contribution in [0.15, 0.2) is 42.5 Å². The molecule has 0 atom stereocenters. The van der Waals surface area contributed by atoms with E-state index in [2.05, 4.69) is 29.2 Å². The molecule has 1 aliphatic rings. The zero-order valence-electron chi connectivity index (χ0n) is 12.1. The lowest BCUT2D eigenvalue weighted by atomic mass is 10.0. The van der Waals surface area contributed by atoms with E-state index in [0.717, 1.165) is 31.6 Å². The summed E-state index contributed by atoms with van der Waals surface area (Å²) in [5.74, 6) is 0.0479. The van der Waals surface area contributed by atoms with Crippen molar-refractivity contribution in [3.8, 4) is 0 Å². The number of rotatable bonds is 2. The van der Waals surface area contributed by atoms with Gasteiger partial charge in [0.05, 0.1) is 10.7 Å². The van der Waals surface area contributed by atoms with E-state index >= 15 is 0 Å². The number of ketones is 1. The molecule has 0 saturated carbocycles. The first-order valence-electron chi connectivity index (χ1n) is 7.27. The van der Waals surface area contributed by atoms with Crippen molar-refractivity contribution in [2.45, 2.75) is 19.8 Å². The van der Waals surface area contributed by atoms with Crippen molar-refractivity contribution in [1.82, 2.24) is 0 Å². The van der Waals surface area contributed by atoms with Crippen LogP contribution >= 0.6 is 11.6 Å². The Morgan fingerprint density at radius 3 is 2.19 bits per heavy atom. The maximum atomic E-state index is 11.4. The number of nitrogens with zero attached hydrogens (tertiary/aromatic N) is 1. The number of hydrogen-bond donors (Lipinski definition) is 0. The molecule has 0 amide bonds. The average molecular weight is 300 g/mol. The van der Waals surface area contributed by atoms with Crippen LogP contribution in [-0.4, -0.2) is 18.9 Å². The molecule has 0 spiro atoms. The van der Waals surface area contributed by atoms with Crippen LogP contribution in [-0.2, 0) is 12.8 Å². The third kappa shape index (κ3) is 2.96. The van der Waals surface area contributed by atoms with Gasteiger partial charge in [0.25, 0.3) is 0 Å². The minimum absolute atomic E-state index is 0.0479. The number of carbonyl (C=O) groups excluding carboxylic acids is 1. The van der Waals surface area contributed by atoms with Crippen molar-refractivity contribution in [3.63, 3.8) is 0 Å². The summed E-state index contributed by atoms with van der Waals surface area (Å²) >= 11 is 6.38. The van der Waals surface area contributed by atoms with E-state index < -0.39 is 0 Å². The Bertz CT molecular complexity index is 654. The van der Waals surface area contributed by atoms with Crippen molar-refractivity contribution in [2.24, 2.45) is 0 Å².